The van der Waals surface area contributed by atoms with E-state index in [4.69, 9.17) is 16.6 Å². The number of H-pyrrole nitrogens is 1. The van der Waals surface area contributed by atoms with Gasteiger partial charge in [0.15, 0.2) is 0 Å². The first-order valence-corrected chi connectivity index (χ1v) is 12.4. The van der Waals surface area contributed by atoms with Crippen LogP contribution in [0.2, 0.25) is 5.02 Å². The molecule has 0 fully saturated rings. The van der Waals surface area contributed by atoms with Gasteiger partial charge in [0.05, 0.1) is 17.9 Å². The lowest BCUT2D eigenvalue weighted by Crippen LogP contribution is -2.38. The summed E-state index contributed by atoms with van der Waals surface area (Å²) in [6.45, 7) is 0.455. The van der Waals surface area contributed by atoms with Gasteiger partial charge >= 0.3 is 0 Å². The monoisotopic (exact) mass is 489 g/mol. The van der Waals surface area contributed by atoms with Gasteiger partial charge in [-0.1, -0.05) is 90.5 Å². The van der Waals surface area contributed by atoms with Gasteiger partial charge in [0.25, 0.3) is 5.91 Å². The van der Waals surface area contributed by atoms with E-state index in [1.807, 2.05) is 108 Å². The molecule has 4 aromatic carbocycles. The fourth-order valence-electron chi connectivity index (χ4n) is 4.91. The maximum absolute atomic E-state index is 14.2. The summed E-state index contributed by atoms with van der Waals surface area (Å²) in [6.07, 6.45) is 2.48. The van der Waals surface area contributed by atoms with E-state index in [0.717, 1.165) is 44.6 Å². The van der Waals surface area contributed by atoms with Gasteiger partial charge in [-0.25, -0.2) is 0 Å². The lowest BCUT2D eigenvalue weighted by atomic mass is 10.00. The van der Waals surface area contributed by atoms with Crippen molar-refractivity contribution in [3.63, 3.8) is 0 Å². The third-order valence-electron chi connectivity index (χ3n) is 6.66. The Morgan fingerprint density at radius 1 is 0.861 bits per heavy atom. The van der Waals surface area contributed by atoms with Crippen LogP contribution in [0.5, 0.6) is 0 Å². The summed E-state index contributed by atoms with van der Waals surface area (Å²) in [6, 6.07) is 33.4. The highest BCUT2D eigenvalue weighted by Gasteiger charge is 2.33. The van der Waals surface area contributed by atoms with Gasteiger partial charge in [-0.15, -0.1) is 0 Å². The maximum Gasteiger partial charge on any atom is 0.252 e. The topological polar surface area (TPSA) is 48.5 Å². The van der Waals surface area contributed by atoms with Crippen LogP contribution in [0.25, 0.3) is 10.9 Å². The number of anilines is 1. The number of carbonyl (C=O) groups excluding carboxylic acids is 1. The third-order valence-corrected chi connectivity index (χ3v) is 6.89. The van der Waals surface area contributed by atoms with Gasteiger partial charge in [0.2, 0.25) is 0 Å². The van der Waals surface area contributed by atoms with E-state index < -0.39 is 6.04 Å². The van der Waals surface area contributed by atoms with Crippen LogP contribution >= 0.6 is 11.6 Å². The van der Waals surface area contributed by atoms with Crippen molar-refractivity contribution in [1.29, 1.82) is 0 Å². The number of carbonyl (C=O) groups is 1. The zero-order valence-electron chi connectivity index (χ0n) is 19.6. The number of aromatic amines is 1. The molecule has 5 heteroatoms. The molecular formula is C31H24ClN3O. The van der Waals surface area contributed by atoms with E-state index in [9.17, 15) is 4.79 Å². The molecule has 0 saturated carbocycles. The standard InChI is InChI=1S/C31H24ClN3O/c32-24-15-16-29-26(18-24)30(22-11-5-2-6-12-22)34-28(17-23-19-33-27-14-8-7-13-25(23)27)31(36)35(29)20-21-9-3-1-4-10-21/h1-16,18-19,28,33H,17,20H2. The van der Waals surface area contributed by atoms with Crippen LogP contribution < -0.4 is 4.90 Å². The smallest absolute Gasteiger partial charge is 0.252 e. The maximum atomic E-state index is 14.2. The van der Waals surface area contributed by atoms with E-state index >= 15 is 0 Å². The second-order valence-electron chi connectivity index (χ2n) is 8.99. The number of hydrogen-bond donors (Lipinski definition) is 1. The molecule has 1 amide bonds. The Morgan fingerprint density at radius 2 is 1.58 bits per heavy atom. The summed E-state index contributed by atoms with van der Waals surface area (Å²) in [7, 11) is 0. The first-order chi connectivity index (χ1) is 17.7. The summed E-state index contributed by atoms with van der Waals surface area (Å²) in [5.41, 5.74) is 6.60. The minimum Gasteiger partial charge on any atom is -0.361 e. The van der Waals surface area contributed by atoms with Crippen molar-refractivity contribution in [2.45, 2.75) is 19.0 Å². The van der Waals surface area contributed by atoms with Crippen molar-refractivity contribution in [2.24, 2.45) is 4.99 Å². The molecule has 1 atom stereocenters. The first kappa shape index (κ1) is 22.3. The highest BCUT2D eigenvalue weighted by atomic mass is 35.5. The number of amides is 1. The SMILES string of the molecule is O=C1C(Cc2c[nH]c3ccccc23)N=C(c2ccccc2)c2cc(Cl)ccc2N1Cc1ccccc1. The zero-order valence-corrected chi connectivity index (χ0v) is 20.3. The molecule has 1 aliphatic rings. The van der Waals surface area contributed by atoms with Crippen molar-refractivity contribution >= 4 is 39.8 Å². The van der Waals surface area contributed by atoms with Crippen LogP contribution in [0, 0.1) is 0 Å². The van der Waals surface area contributed by atoms with Gasteiger partial charge in [0, 0.05) is 39.7 Å². The number of aliphatic imine (C=N–C) groups is 1. The van der Waals surface area contributed by atoms with Crippen LogP contribution in [0.1, 0.15) is 22.3 Å². The lowest BCUT2D eigenvalue weighted by Gasteiger charge is -2.25. The zero-order chi connectivity index (χ0) is 24.5. The Balaban J connectivity index is 1.52. The number of fused-ring (bicyclic) bond motifs is 2. The van der Waals surface area contributed by atoms with Crippen LogP contribution in [0.15, 0.2) is 114 Å². The molecule has 1 unspecified atom stereocenters. The largest absolute Gasteiger partial charge is 0.361 e. The van der Waals surface area contributed by atoms with Crippen LogP contribution in [0.3, 0.4) is 0 Å². The van der Waals surface area contributed by atoms with Crippen molar-refractivity contribution < 1.29 is 4.79 Å². The fraction of sp³-hybridized carbons (Fsp3) is 0.0968. The fourth-order valence-corrected chi connectivity index (χ4v) is 5.08. The molecule has 176 valence electrons. The second kappa shape index (κ2) is 9.48. The number of hydrogen-bond acceptors (Lipinski definition) is 2. The number of nitrogens with zero attached hydrogens (tertiary/aromatic N) is 2. The number of rotatable bonds is 5. The molecule has 6 rings (SSSR count). The molecule has 0 spiro atoms. The molecule has 36 heavy (non-hydrogen) atoms. The molecule has 4 nitrogen and oxygen atoms in total. The molecule has 0 radical (unpaired) electrons. The molecule has 1 aromatic heterocycles. The molecule has 1 N–H and O–H groups in total. The van der Waals surface area contributed by atoms with Gasteiger partial charge < -0.3 is 9.88 Å². The Morgan fingerprint density at radius 3 is 2.39 bits per heavy atom. The predicted octanol–water partition coefficient (Wildman–Crippen LogP) is 6.82. The minimum absolute atomic E-state index is 0.0290. The summed E-state index contributed by atoms with van der Waals surface area (Å²) >= 11 is 6.48. The first-order valence-electron chi connectivity index (χ1n) is 12.0. The molecule has 1 aliphatic heterocycles. The number of nitrogens with one attached hydrogen (secondary N) is 1. The lowest BCUT2D eigenvalue weighted by molar-refractivity contribution is -0.119. The summed E-state index contributed by atoms with van der Waals surface area (Å²) < 4.78 is 0. The van der Waals surface area contributed by atoms with Crippen molar-refractivity contribution in [2.75, 3.05) is 4.90 Å². The number of benzodiazepines with no additional fused rings is 1. The number of aromatic nitrogens is 1. The van der Waals surface area contributed by atoms with Gasteiger partial charge in [0.1, 0.15) is 6.04 Å². The predicted molar refractivity (Wildman–Crippen MR) is 147 cm³/mol. The Hall–Kier alpha value is -4.15. The Kier molecular flexibility index (Phi) is 5.88. The number of para-hydroxylation sites is 1. The second-order valence-corrected chi connectivity index (χ2v) is 9.43. The van der Waals surface area contributed by atoms with E-state index in [0.29, 0.717) is 18.0 Å². The summed E-state index contributed by atoms with van der Waals surface area (Å²) in [5, 5.41) is 1.72. The van der Waals surface area contributed by atoms with Gasteiger partial charge in [-0.05, 0) is 35.4 Å². The molecular weight excluding hydrogens is 466 g/mol. The Labute approximate surface area is 214 Å². The van der Waals surface area contributed by atoms with Crippen LogP contribution in [-0.2, 0) is 17.8 Å². The van der Waals surface area contributed by atoms with Crippen molar-refractivity contribution in [3.05, 3.63) is 137 Å². The van der Waals surface area contributed by atoms with Crippen molar-refractivity contribution in [3.8, 4) is 0 Å². The van der Waals surface area contributed by atoms with Crippen LogP contribution in [-0.4, -0.2) is 22.6 Å². The van der Waals surface area contributed by atoms with E-state index in [1.54, 1.807) is 0 Å². The van der Waals surface area contributed by atoms with Gasteiger partial charge in [-0.2, -0.15) is 0 Å². The molecule has 2 heterocycles. The van der Waals surface area contributed by atoms with E-state index in [2.05, 4.69) is 11.1 Å². The highest BCUT2D eigenvalue weighted by molar-refractivity contribution is 6.32. The van der Waals surface area contributed by atoms with E-state index in [-0.39, 0.29) is 5.91 Å². The number of benzene rings is 4. The van der Waals surface area contributed by atoms with Gasteiger partial charge in [-0.3, -0.25) is 9.79 Å². The average molecular weight is 490 g/mol. The molecule has 0 aliphatic carbocycles. The minimum atomic E-state index is -0.589. The average Bonchev–Trinajstić information content (AvgIpc) is 3.29. The third kappa shape index (κ3) is 4.21. The number of halogens is 1. The Bertz CT molecular complexity index is 1570. The normalized spacial score (nSPS) is 15.5. The summed E-state index contributed by atoms with van der Waals surface area (Å²) in [5.74, 6) is -0.0290. The molecule has 5 aromatic rings. The molecule has 0 saturated heterocycles. The quantitative estimate of drug-likeness (QED) is 0.289. The van der Waals surface area contributed by atoms with Crippen LogP contribution in [0.4, 0.5) is 5.69 Å². The van der Waals surface area contributed by atoms with Crippen molar-refractivity contribution in [1.82, 2.24) is 4.98 Å². The molecule has 0 bridgehead atoms. The summed E-state index contributed by atoms with van der Waals surface area (Å²) in [4.78, 5) is 24.5. The van der Waals surface area contributed by atoms with E-state index in [1.165, 1.54) is 0 Å². The highest BCUT2D eigenvalue weighted by Crippen LogP contribution is 2.33.